The zero-order valence-corrected chi connectivity index (χ0v) is 14.6. The number of ether oxygens (including phenoxy) is 1. The molecule has 0 saturated carbocycles. The van der Waals surface area contributed by atoms with Crippen LogP contribution in [0.25, 0.3) is 0 Å². The van der Waals surface area contributed by atoms with Gasteiger partial charge in [-0.05, 0) is 42.5 Å². The number of unbranched alkanes of at least 4 members (excludes halogenated alkanes) is 1. The quantitative estimate of drug-likeness (QED) is 0.808. The monoisotopic (exact) mass is 336 g/mol. The molecule has 1 N–H and O–H groups in total. The van der Waals surface area contributed by atoms with Crippen LogP contribution in [0.1, 0.15) is 43.4 Å². The van der Waals surface area contributed by atoms with Crippen LogP contribution in [0.2, 0.25) is 0 Å². The molecule has 1 amide bonds. The first kappa shape index (κ1) is 19.3. The molecule has 0 spiro atoms. The molecule has 2 rings (SSSR count). The number of halogens is 1. The maximum atomic E-state index is 12.0. The van der Waals surface area contributed by atoms with Crippen molar-refractivity contribution in [2.45, 2.75) is 38.6 Å². The maximum Gasteiger partial charge on any atom is 0.414 e. The van der Waals surface area contributed by atoms with Gasteiger partial charge in [0.25, 0.3) is 0 Å². The van der Waals surface area contributed by atoms with Crippen molar-refractivity contribution in [3.63, 3.8) is 0 Å². The first-order chi connectivity index (χ1) is 10.7. The lowest BCUT2D eigenvalue weighted by atomic mass is 10.1. The molecule has 4 nitrogen and oxygen atoms in total. The lowest BCUT2D eigenvalue weighted by molar-refractivity contribution is 0.162. The third kappa shape index (κ3) is 5.16. The lowest BCUT2D eigenvalue weighted by Gasteiger charge is -2.17. The Labute approximate surface area is 145 Å². The summed E-state index contributed by atoms with van der Waals surface area (Å²) in [5.41, 5.74) is 2.49. The van der Waals surface area contributed by atoms with E-state index in [1.165, 1.54) is 11.1 Å². The minimum atomic E-state index is -0.306. The number of hydrogen-bond donors (Lipinski definition) is 1. The number of hydrogen-bond acceptors (Lipinski definition) is 3. The molecule has 5 heteroatoms. The van der Waals surface area contributed by atoms with Crippen molar-refractivity contribution >= 4 is 18.5 Å². The molecule has 1 aliphatic rings. The normalized spacial score (nSPS) is 15.3. The van der Waals surface area contributed by atoms with E-state index in [-0.39, 0.29) is 24.5 Å². The predicted octanol–water partition coefficient (Wildman–Crippen LogP) is 3.55. The van der Waals surface area contributed by atoms with Gasteiger partial charge in [-0.15, -0.1) is 18.8 Å². The number of terminal acetylenes is 1. The van der Waals surface area contributed by atoms with Crippen LogP contribution in [0.5, 0.6) is 5.75 Å². The Morgan fingerprint density at radius 2 is 2.30 bits per heavy atom. The molecule has 0 saturated heterocycles. The fraction of sp³-hybridized carbons (Fsp3) is 0.500. The fourth-order valence-corrected chi connectivity index (χ4v) is 2.70. The van der Waals surface area contributed by atoms with Crippen molar-refractivity contribution in [3.05, 3.63) is 29.3 Å². The summed E-state index contributed by atoms with van der Waals surface area (Å²) >= 11 is 0. The minimum absolute atomic E-state index is 0. The van der Waals surface area contributed by atoms with E-state index < -0.39 is 0 Å². The molecule has 1 unspecified atom stereocenters. The maximum absolute atomic E-state index is 12.0. The van der Waals surface area contributed by atoms with Crippen LogP contribution in [0.15, 0.2) is 18.2 Å². The molecule has 0 bridgehead atoms. The molecule has 0 aliphatic heterocycles. The average Bonchev–Trinajstić information content (AvgIpc) is 2.92. The van der Waals surface area contributed by atoms with Crippen molar-refractivity contribution in [2.75, 3.05) is 20.1 Å². The molecule has 0 aromatic heterocycles. The summed E-state index contributed by atoms with van der Waals surface area (Å²) < 4.78 is 5.47. The Morgan fingerprint density at radius 1 is 1.52 bits per heavy atom. The van der Waals surface area contributed by atoms with Gasteiger partial charge in [0.1, 0.15) is 5.75 Å². The topological polar surface area (TPSA) is 41.6 Å². The highest BCUT2D eigenvalue weighted by Crippen LogP contribution is 2.33. The summed E-state index contributed by atoms with van der Waals surface area (Å²) in [4.78, 5) is 13.6. The summed E-state index contributed by atoms with van der Waals surface area (Å²) in [7, 11) is 1.77. The van der Waals surface area contributed by atoms with E-state index in [9.17, 15) is 4.79 Å². The van der Waals surface area contributed by atoms with Crippen molar-refractivity contribution in [1.29, 1.82) is 0 Å². The van der Waals surface area contributed by atoms with E-state index in [4.69, 9.17) is 11.2 Å². The number of nitrogens with zero attached hydrogens (tertiary/aromatic N) is 1. The Morgan fingerprint density at radius 3 is 3.00 bits per heavy atom. The largest absolute Gasteiger partial charge is 0.414 e. The summed E-state index contributed by atoms with van der Waals surface area (Å²) in [5.74, 6) is 3.20. The van der Waals surface area contributed by atoms with Gasteiger partial charge in [-0.1, -0.05) is 25.3 Å². The molecule has 126 valence electrons. The van der Waals surface area contributed by atoms with Crippen LogP contribution in [0.4, 0.5) is 4.79 Å². The Balaban J connectivity index is 0.00000264. The first-order valence-corrected chi connectivity index (χ1v) is 7.88. The van der Waals surface area contributed by atoms with E-state index in [0.29, 0.717) is 18.8 Å². The highest BCUT2D eigenvalue weighted by Gasteiger charge is 2.23. The van der Waals surface area contributed by atoms with Crippen LogP contribution < -0.4 is 10.1 Å². The number of rotatable bonds is 6. The standard InChI is InChI=1S/C18H24N2O2.ClH/c1-4-6-12-20(3)18(21)22-15-9-7-14-8-10-17(16(14)13-15)19-11-5-2;/h2,7,9,13,17,19H,4,6,8,10-12H2,1,3H3;1H. The van der Waals surface area contributed by atoms with Gasteiger partial charge in [-0.25, -0.2) is 4.79 Å². The molecule has 0 heterocycles. The van der Waals surface area contributed by atoms with Gasteiger partial charge >= 0.3 is 6.09 Å². The molecule has 1 aliphatic carbocycles. The van der Waals surface area contributed by atoms with Gasteiger partial charge in [0, 0.05) is 19.6 Å². The lowest BCUT2D eigenvalue weighted by Crippen LogP contribution is -2.30. The summed E-state index contributed by atoms with van der Waals surface area (Å²) in [6.07, 6.45) is 9.10. The first-order valence-electron chi connectivity index (χ1n) is 7.88. The number of carbonyl (C=O) groups is 1. The predicted molar refractivity (Wildman–Crippen MR) is 95.1 cm³/mol. The van der Waals surface area contributed by atoms with Crippen molar-refractivity contribution < 1.29 is 9.53 Å². The van der Waals surface area contributed by atoms with E-state index in [0.717, 1.165) is 25.7 Å². The highest BCUT2D eigenvalue weighted by atomic mass is 35.5. The van der Waals surface area contributed by atoms with Crippen molar-refractivity contribution in [2.24, 2.45) is 0 Å². The SMILES string of the molecule is C#CCNC1CCc2ccc(OC(=O)N(C)CCCC)cc21.Cl. The Hall–Kier alpha value is -1.70. The number of carbonyl (C=O) groups excluding carboxylic acids is 1. The van der Waals surface area contributed by atoms with Crippen molar-refractivity contribution in [1.82, 2.24) is 10.2 Å². The molecule has 1 aromatic rings. The number of fused-ring (bicyclic) bond motifs is 1. The zero-order valence-electron chi connectivity index (χ0n) is 13.8. The molecular weight excluding hydrogens is 312 g/mol. The molecular formula is C18H25ClN2O2. The molecule has 23 heavy (non-hydrogen) atoms. The van der Waals surface area contributed by atoms with Gasteiger partial charge in [-0.3, -0.25) is 5.32 Å². The van der Waals surface area contributed by atoms with E-state index in [2.05, 4.69) is 18.2 Å². The van der Waals surface area contributed by atoms with E-state index in [1.807, 2.05) is 18.2 Å². The van der Waals surface area contributed by atoms with Gasteiger partial charge in [0.2, 0.25) is 0 Å². The van der Waals surface area contributed by atoms with Crippen LogP contribution in [-0.4, -0.2) is 31.1 Å². The second-order valence-corrected chi connectivity index (χ2v) is 5.68. The van der Waals surface area contributed by atoms with E-state index in [1.54, 1.807) is 11.9 Å². The van der Waals surface area contributed by atoms with Gasteiger partial charge in [0.15, 0.2) is 0 Å². The van der Waals surface area contributed by atoms with E-state index >= 15 is 0 Å². The molecule has 1 atom stereocenters. The van der Waals surface area contributed by atoms with Gasteiger partial charge < -0.3 is 9.64 Å². The highest BCUT2D eigenvalue weighted by molar-refractivity contribution is 5.85. The van der Waals surface area contributed by atoms with Gasteiger partial charge in [-0.2, -0.15) is 0 Å². The summed E-state index contributed by atoms with van der Waals surface area (Å²) in [6.45, 7) is 3.36. The Kier molecular flexibility index (Phi) is 7.94. The third-order valence-corrected chi connectivity index (χ3v) is 4.01. The average molecular weight is 337 g/mol. The summed E-state index contributed by atoms with van der Waals surface area (Å²) in [5, 5.41) is 3.33. The fourth-order valence-electron chi connectivity index (χ4n) is 2.70. The molecule has 1 aromatic carbocycles. The minimum Gasteiger partial charge on any atom is -0.410 e. The number of amides is 1. The Bertz CT molecular complexity index is 569. The second-order valence-electron chi connectivity index (χ2n) is 5.68. The number of benzene rings is 1. The number of aryl methyl sites for hydroxylation is 1. The van der Waals surface area contributed by atoms with Crippen LogP contribution in [-0.2, 0) is 6.42 Å². The third-order valence-electron chi connectivity index (χ3n) is 4.01. The zero-order chi connectivity index (χ0) is 15.9. The molecule has 0 fully saturated rings. The van der Waals surface area contributed by atoms with Crippen LogP contribution >= 0.6 is 12.4 Å². The van der Waals surface area contributed by atoms with Crippen molar-refractivity contribution in [3.8, 4) is 18.1 Å². The summed E-state index contributed by atoms with van der Waals surface area (Å²) in [6, 6.07) is 6.12. The molecule has 0 radical (unpaired) electrons. The van der Waals surface area contributed by atoms with Crippen LogP contribution in [0.3, 0.4) is 0 Å². The second kappa shape index (κ2) is 9.44. The smallest absolute Gasteiger partial charge is 0.410 e. The number of nitrogens with one attached hydrogen (secondary N) is 1. The van der Waals surface area contributed by atoms with Crippen LogP contribution in [0, 0.1) is 12.3 Å². The van der Waals surface area contributed by atoms with Gasteiger partial charge in [0.05, 0.1) is 6.54 Å².